The highest BCUT2D eigenvalue weighted by Gasteiger charge is 2.21. The lowest BCUT2D eigenvalue weighted by atomic mass is 10.1. The average molecular weight is 403 g/mol. The van der Waals surface area contributed by atoms with Gasteiger partial charge in [0.05, 0.1) is 12.2 Å². The highest BCUT2D eigenvalue weighted by Crippen LogP contribution is 2.14. The number of hydrogen-bond acceptors (Lipinski definition) is 7. The predicted octanol–water partition coefficient (Wildman–Crippen LogP) is 1.13. The number of Topliss-reactive ketones (excluding diaryl/α,β-unsaturated/α-hetero) is 1. The number of benzene rings is 1. The summed E-state index contributed by atoms with van der Waals surface area (Å²) in [6.07, 6.45) is 0.916. The van der Waals surface area contributed by atoms with Crippen LogP contribution in [0, 0.1) is 5.92 Å². The zero-order valence-corrected chi connectivity index (χ0v) is 16.9. The first-order chi connectivity index (χ1) is 13.6. The highest BCUT2D eigenvalue weighted by atomic mass is 16.5. The number of esters is 1. The number of nitrogen functional groups attached to an aromatic ring is 1. The van der Waals surface area contributed by atoms with Crippen LogP contribution in [0.3, 0.4) is 0 Å². The van der Waals surface area contributed by atoms with Gasteiger partial charge in [0.1, 0.15) is 17.1 Å². The van der Waals surface area contributed by atoms with Gasteiger partial charge >= 0.3 is 11.7 Å². The Hall–Kier alpha value is -3.36. The number of nitrogens with zero attached hydrogens (tertiary/aromatic N) is 2. The molecule has 9 nitrogen and oxygen atoms in total. The summed E-state index contributed by atoms with van der Waals surface area (Å²) in [6, 6.07) is 6.33. The molecule has 0 aliphatic rings. The molecule has 2 aromatic rings. The zero-order valence-electron chi connectivity index (χ0n) is 16.9. The minimum Gasteiger partial charge on any atom is -0.494 e. The third kappa shape index (κ3) is 5.13. The number of carbonyl (C=O) groups excluding carboxylic acids is 2. The van der Waals surface area contributed by atoms with Gasteiger partial charge in [-0.3, -0.25) is 18.7 Å². The first kappa shape index (κ1) is 21.9. The van der Waals surface area contributed by atoms with E-state index in [2.05, 4.69) is 13.8 Å². The average Bonchev–Trinajstić information content (AvgIpc) is 2.69. The highest BCUT2D eigenvalue weighted by molar-refractivity contribution is 6.02. The molecule has 0 fully saturated rings. The van der Waals surface area contributed by atoms with Crippen molar-refractivity contribution in [3.63, 3.8) is 0 Å². The number of carbonyl (C=O) groups is 2. The monoisotopic (exact) mass is 403 g/mol. The summed E-state index contributed by atoms with van der Waals surface area (Å²) in [5.74, 6) is -0.644. The molecule has 0 spiro atoms. The van der Waals surface area contributed by atoms with E-state index >= 15 is 0 Å². The molecule has 0 aliphatic heterocycles. The second-order valence-corrected chi connectivity index (χ2v) is 7.02. The molecule has 0 saturated carbocycles. The lowest BCUT2D eigenvalue weighted by molar-refractivity contribution is 0.0474. The van der Waals surface area contributed by atoms with Crippen LogP contribution in [-0.4, -0.2) is 34.1 Å². The summed E-state index contributed by atoms with van der Waals surface area (Å²) in [5, 5.41) is 0. The van der Waals surface area contributed by atoms with Crippen molar-refractivity contribution in [1.82, 2.24) is 9.13 Å². The minimum absolute atomic E-state index is 0.232. The summed E-state index contributed by atoms with van der Waals surface area (Å²) >= 11 is 0. The Kier molecular flexibility index (Phi) is 6.98. The molecule has 156 valence electrons. The first-order valence-electron chi connectivity index (χ1n) is 9.12. The molecule has 0 aliphatic carbocycles. The summed E-state index contributed by atoms with van der Waals surface area (Å²) in [6.45, 7) is 4.10. The Balaban J connectivity index is 2.03. The van der Waals surface area contributed by atoms with Crippen molar-refractivity contribution in [2.45, 2.75) is 20.3 Å². The molecule has 9 heteroatoms. The Morgan fingerprint density at radius 3 is 2.28 bits per heavy atom. The predicted molar refractivity (Wildman–Crippen MR) is 107 cm³/mol. The van der Waals surface area contributed by atoms with Gasteiger partial charge in [0.2, 0.25) is 5.78 Å². The number of rotatable bonds is 8. The van der Waals surface area contributed by atoms with Gasteiger partial charge in [0.25, 0.3) is 5.56 Å². The molecule has 2 N–H and O–H groups in total. The van der Waals surface area contributed by atoms with E-state index in [1.165, 1.54) is 26.2 Å². The molecule has 1 aromatic carbocycles. The van der Waals surface area contributed by atoms with Crippen LogP contribution in [0.5, 0.6) is 5.75 Å². The molecule has 1 heterocycles. The topological polar surface area (TPSA) is 123 Å². The molecular weight excluding hydrogens is 378 g/mol. The Labute approximate surface area is 167 Å². The normalized spacial score (nSPS) is 10.8. The van der Waals surface area contributed by atoms with Crippen molar-refractivity contribution in [2.24, 2.45) is 20.0 Å². The largest absolute Gasteiger partial charge is 0.494 e. The molecule has 1 aromatic heterocycles. The first-order valence-corrected chi connectivity index (χ1v) is 9.12. The number of ketones is 1. The number of hydrogen-bond donors (Lipinski definition) is 1. The van der Waals surface area contributed by atoms with Crippen molar-refractivity contribution < 1.29 is 19.1 Å². The number of aromatic nitrogens is 2. The number of nitrogens with two attached hydrogens (primary N) is 1. The summed E-state index contributed by atoms with van der Waals surface area (Å²) < 4.78 is 12.3. The molecule has 0 bridgehead atoms. The molecule has 0 atom stereocenters. The van der Waals surface area contributed by atoms with Gasteiger partial charge in [-0.15, -0.1) is 0 Å². The van der Waals surface area contributed by atoms with E-state index in [0.717, 1.165) is 15.6 Å². The lowest BCUT2D eigenvalue weighted by Crippen LogP contribution is -2.42. The molecule has 29 heavy (non-hydrogen) atoms. The van der Waals surface area contributed by atoms with Crippen LogP contribution in [0.1, 0.15) is 41.0 Å². The van der Waals surface area contributed by atoms with Gasteiger partial charge in [-0.1, -0.05) is 13.8 Å². The smallest absolute Gasteiger partial charge is 0.338 e. The summed E-state index contributed by atoms with van der Waals surface area (Å²) in [7, 11) is 2.57. The van der Waals surface area contributed by atoms with Crippen LogP contribution in [-0.2, 0) is 18.8 Å². The molecular formula is C20H25N3O6. The second-order valence-electron chi connectivity index (χ2n) is 7.02. The van der Waals surface area contributed by atoms with Gasteiger partial charge in [0.15, 0.2) is 6.61 Å². The Morgan fingerprint density at radius 1 is 1.07 bits per heavy atom. The van der Waals surface area contributed by atoms with Crippen molar-refractivity contribution in [2.75, 3.05) is 18.9 Å². The quantitative estimate of drug-likeness (QED) is 0.518. The summed E-state index contributed by atoms with van der Waals surface area (Å²) in [5.41, 5.74) is 4.07. The third-order valence-electron chi connectivity index (χ3n) is 4.38. The van der Waals surface area contributed by atoms with Crippen molar-refractivity contribution in [3.8, 4) is 5.75 Å². The van der Waals surface area contributed by atoms with Crippen molar-refractivity contribution in [1.29, 1.82) is 0 Å². The van der Waals surface area contributed by atoms with Gasteiger partial charge in [-0.25, -0.2) is 9.59 Å². The molecule has 0 saturated heterocycles. The van der Waals surface area contributed by atoms with E-state index in [-0.39, 0.29) is 11.4 Å². The van der Waals surface area contributed by atoms with Crippen LogP contribution in [0.4, 0.5) is 5.82 Å². The SMILES string of the molecule is CC(C)CCOc1ccc(C(=O)OCC(=O)c2c(N)n(C)c(=O)n(C)c2=O)cc1. The Morgan fingerprint density at radius 2 is 1.69 bits per heavy atom. The van der Waals surface area contributed by atoms with Crippen LogP contribution < -0.4 is 21.7 Å². The number of ether oxygens (including phenoxy) is 2. The second kappa shape index (κ2) is 9.22. The maximum atomic E-state index is 12.4. The van der Waals surface area contributed by atoms with E-state index in [1.54, 1.807) is 12.1 Å². The molecule has 2 rings (SSSR count). The van der Waals surface area contributed by atoms with Crippen LogP contribution in [0.2, 0.25) is 0 Å². The standard InChI is InChI=1S/C20H25N3O6/c1-12(2)9-10-28-14-7-5-13(6-8-14)19(26)29-11-15(24)16-17(21)22(3)20(27)23(4)18(16)25/h5-8,12H,9-11,21H2,1-4H3. The molecule has 0 radical (unpaired) electrons. The van der Waals surface area contributed by atoms with Gasteiger partial charge in [0, 0.05) is 14.1 Å². The van der Waals surface area contributed by atoms with Crippen molar-refractivity contribution in [3.05, 3.63) is 56.2 Å². The fourth-order valence-corrected chi connectivity index (χ4v) is 2.51. The minimum atomic E-state index is -0.838. The van der Waals surface area contributed by atoms with Gasteiger partial charge in [-0.2, -0.15) is 0 Å². The van der Waals surface area contributed by atoms with E-state index in [4.69, 9.17) is 15.2 Å². The van der Waals surface area contributed by atoms with Crippen LogP contribution in [0.25, 0.3) is 0 Å². The zero-order chi connectivity index (χ0) is 21.7. The number of anilines is 1. The van der Waals surface area contributed by atoms with Gasteiger partial charge < -0.3 is 15.2 Å². The van der Waals surface area contributed by atoms with E-state index < -0.39 is 35.2 Å². The van der Waals surface area contributed by atoms with Crippen molar-refractivity contribution >= 4 is 17.6 Å². The van der Waals surface area contributed by atoms with E-state index in [1.807, 2.05) is 0 Å². The van der Waals surface area contributed by atoms with E-state index in [0.29, 0.717) is 18.3 Å². The Bertz CT molecular complexity index is 1020. The fraction of sp³-hybridized carbons (Fsp3) is 0.400. The van der Waals surface area contributed by atoms with Gasteiger partial charge in [-0.05, 0) is 36.6 Å². The maximum absolute atomic E-state index is 12.4. The van der Waals surface area contributed by atoms with E-state index in [9.17, 15) is 19.2 Å². The lowest BCUT2D eigenvalue weighted by Gasteiger charge is -2.11. The summed E-state index contributed by atoms with van der Waals surface area (Å²) in [4.78, 5) is 48.5. The third-order valence-corrected chi connectivity index (χ3v) is 4.38. The molecule has 0 unspecified atom stereocenters. The maximum Gasteiger partial charge on any atom is 0.338 e. The molecule has 0 amide bonds. The van der Waals surface area contributed by atoms with Crippen LogP contribution >= 0.6 is 0 Å². The fourth-order valence-electron chi connectivity index (χ4n) is 2.51. The van der Waals surface area contributed by atoms with Crippen LogP contribution in [0.15, 0.2) is 33.9 Å².